The van der Waals surface area contributed by atoms with E-state index >= 15 is 0 Å². The molecule has 2 aromatic rings. The van der Waals surface area contributed by atoms with Gasteiger partial charge in [0.15, 0.2) is 0 Å². The lowest BCUT2D eigenvalue weighted by atomic mass is 10.2. The molecule has 0 spiro atoms. The third-order valence-electron chi connectivity index (χ3n) is 3.23. The molecular formula is C13H17N3S. The maximum absolute atomic E-state index is 4.77. The topological polar surface area (TPSA) is 29.9 Å². The zero-order valence-corrected chi connectivity index (χ0v) is 10.8. The van der Waals surface area contributed by atoms with Crippen molar-refractivity contribution in [1.82, 2.24) is 14.9 Å². The van der Waals surface area contributed by atoms with E-state index in [1.165, 1.54) is 22.8 Å². The highest BCUT2D eigenvalue weighted by molar-refractivity contribution is 7.10. The van der Waals surface area contributed by atoms with E-state index in [9.17, 15) is 0 Å². The molecule has 17 heavy (non-hydrogen) atoms. The SMILES string of the molecule is CCc1cn2c(n1)C(c1cccs1)NCCC2. The van der Waals surface area contributed by atoms with Crippen molar-refractivity contribution in [3.05, 3.63) is 40.1 Å². The van der Waals surface area contributed by atoms with E-state index in [1.54, 1.807) is 11.3 Å². The molecule has 0 aliphatic carbocycles. The fraction of sp³-hybridized carbons (Fsp3) is 0.462. The van der Waals surface area contributed by atoms with E-state index in [1.807, 2.05) is 0 Å². The Bertz CT molecular complexity index is 487. The molecule has 0 fully saturated rings. The molecule has 90 valence electrons. The van der Waals surface area contributed by atoms with Gasteiger partial charge in [0.05, 0.1) is 5.69 Å². The van der Waals surface area contributed by atoms with Gasteiger partial charge in [0, 0.05) is 17.6 Å². The molecule has 1 aliphatic rings. The van der Waals surface area contributed by atoms with E-state index in [0.717, 1.165) is 19.5 Å². The van der Waals surface area contributed by atoms with E-state index in [4.69, 9.17) is 4.98 Å². The molecule has 2 aromatic heterocycles. The van der Waals surface area contributed by atoms with Crippen molar-refractivity contribution in [1.29, 1.82) is 0 Å². The number of nitrogens with one attached hydrogen (secondary N) is 1. The molecule has 1 aliphatic heterocycles. The van der Waals surface area contributed by atoms with Crippen molar-refractivity contribution in [2.45, 2.75) is 32.4 Å². The number of thiophene rings is 1. The lowest BCUT2D eigenvalue weighted by Gasteiger charge is -2.13. The summed E-state index contributed by atoms with van der Waals surface area (Å²) in [7, 11) is 0. The summed E-state index contributed by atoms with van der Waals surface area (Å²) in [5.74, 6) is 1.18. The molecule has 0 saturated carbocycles. The van der Waals surface area contributed by atoms with Crippen molar-refractivity contribution in [2.24, 2.45) is 0 Å². The number of rotatable bonds is 2. The van der Waals surface area contributed by atoms with E-state index in [-0.39, 0.29) is 6.04 Å². The van der Waals surface area contributed by atoms with Crippen LogP contribution < -0.4 is 5.32 Å². The minimum atomic E-state index is 0.276. The van der Waals surface area contributed by atoms with Crippen molar-refractivity contribution in [3.8, 4) is 0 Å². The molecule has 0 amide bonds. The van der Waals surface area contributed by atoms with Crippen molar-refractivity contribution >= 4 is 11.3 Å². The molecule has 4 heteroatoms. The fourth-order valence-electron chi connectivity index (χ4n) is 2.34. The van der Waals surface area contributed by atoms with Crippen LogP contribution in [0.4, 0.5) is 0 Å². The number of hydrogen-bond donors (Lipinski definition) is 1. The molecule has 3 heterocycles. The summed E-state index contributed by atoms with van der Waals surface area (Å²) in [4.78, 5) is 6.14. The maximum atomic E-state index is 4.77. The Morgan fingerprint density at radius 3 is 3.29 bits per heavy atom. The maximum Gasteiger partial charge on any atom is 0.131 e. The lowest BCUT2D eigenvalue weighted by Crippen LogP contribution is -2.22. The van der Waals surface area contributed by atoms with Crippen LogP contribution in [-0.4, -0.2) is 16.1 Å². The molecule has 0 radical (unpaired) electrons. The lowest BCUT2D eigenvalue weighted by molar-refractivity contribution is 0.606. The molecule has 3 nitrogen and oxygen atoms in total. The minimum absolute atomic E-state index is 0.276. The minimum Gasteiger partial charge on any atom is -0.333 e. The van der Waals surface area contributed by atoms with Gasteiger partial charge in [-0.2, -0.15) is 0 Å². The summed E-state index contributed by atoms with van der Waals surface area (Å²) in [5.41, 5.74) is 1.20. The third kappa shape index (κ3) is 2.03. The van der Waals surface area contributed by atoms with Crippen LogP contribution in [0.3, 0.4) is 0 Å². The first kappa shape index (κ1) is 11.0. The first-order valence-corrected chi connectivity index (χ1v) is 7.09. The Hall–Kier alpha value is -1.13. The summed E-state index contributed by atoms with van der Waals surface area (Å²) in [6.07, 6.45) is 4.40. The highest BCUT2D eigenvalue weighted by Crippen LogP contribution is 2.27. The Labute approximate surface area is 106 Å². The van der Waals surface area contributed by atoms with Gasteiger partial charge in [0.25, 0.3) is 0 Å². The van der Waals surface area contributed by atoms with Gasteiger partial charge in [-0.3, -0.25) is 0 Å². The standard InChI is InChI=1S/C13H17N3S/c1-2-10-9-16-7-4-6-14-12(13(16)15-10)11-5-3-8-17-11/h3,5,8-9,12,14H,2,4,6-7H2,1H3. The van der Waals surface area contributed by atoms with E-state index in [2.05, 4.69) is 40.5 Å². The normalized spacial score (nSPS) is 19.9. The summed E-state index contributed by atoms with van der Waals surface area (Å²) in [6.45, 7) is 4.31. The van der Waals surface area contributed by atoms with Gasteiger partial charge >= 0.3 is 0 Å². The first-order valence-electron chi connectivity index (χ1n) is 6.21. The van der Waals surface area contributed by atoms with Gasteiger partial charge < -0.3 is 9.88 Å². The van der Waals surface area contributed by atoms with Gasteiger partial charge in [0.2, 0.25) is 0 Å². The second kappa shape index (κ2) is 4.63. The van der Waals surface area contributed by atoms with Gasteiger partial charge in [-0.15, -0.1) is 11.3 Å². The Balaban J connectivity index is 2.03. The Morgan fingerprint density at radius 2 is 2.53 bits per heavy atom. The second-order valence-corrected chi connectivity index (χ2v) is 5.37. The number of nitrogens with zero attached hydrogens (tertiary/aromatic N) is 2. The molecule has 0 bridgehead atoms. The fourth-order valence-corrected chi connectivity index (χ4v) is 3.13. The summed E-state index contributed by atoms with van der Waals surface area (Å²) >= 11 is 1.80. The van der Waals surface area contributed by atoms with Crippen LogP contribution in [0.15, 0.2) is 23.7 Å². The Morgan fingerprint density at radius 1 is 1.59 bits per heavy atom. The largest absolute Gasteiger partial charge is 0.333 e. The zero-order valence-electron chi connectivity index (χ0n) is 10.0. The molecular weight excluding hydrogens is 230 g/mol. The summed E-state index contributed by atoms with van der Waals surface area (Å²) in [6, 6.07) is 4.58. The van der Waals surface area contributed by atoms with Crippen LogP contribution in [0.1, 0.15) is 35.8 Å². The van der Waals surface area contributed by atoms with Gasteiger partial charge in [-0.1, -0.05) is 13.0 Å². The van der Waals surface area contributed by atoms with Crippen molar-refractivity contribution in [2.75, 3.05) is 6.54 Å². The molecule has 0 saturated heterocycles. The number of fused-ring (bicyclic) bond motifs is 1. The van der Waals surface area contributed by atoms with Crippen molar-refractivity contribution in [3.63, 3.8) is 0 Å². The van der Waals surface area contributed by atoms with Crippen LogP contribution >= 0.6 is 11.3 Å². The molecule has 1 atom stereocenters. The zero-order chi connectivity index (χ0) is 11.7. The van der Waals surface area contributed by atoms with Gasteiger partial charge in [0.1, 0.15) is 11.9 Å². The highest BCUT2D eigenvalue weighted by Gasteiger charge is 2.23. The average molecular weight is 247 g/mol. The monoisotopic (exact) mass is 247 g/mol. The van der Waals surface area contributed by atoms with Crippen LogP contribution in [0.25, 0.3) is 0 Å². The summed E-state index contributed by atoms with van der Waals surface area (Å²) in [5, 5.41) is 5.74. The quantitative estimate of drug-likeness (QED) is 0.884. The smallest absolute Gasteiger partial charge is 0.131 e. The average Bonchev–Trinajstić information content (AvgIpc) is 2.96. The molecule has 0 aromatic carbocycles. The van der Waals surface area contributed by atoms with Crippen LogP contribution in [0, 0.1) is 0 Å². The molecule has 1 unspecified atom stereocenters. The second-order valence-electron chi connectivity index (χ2n) is 4.39. The number of aromatic nitrogens is 2. The van der Waals surface area contributed by atoms with Crippen LogP contribution in [0.5, 0.6) is 0 Å². The van der Waals surface area contributed by atoms with Gasteiger partial charge in [-0.05, 0) is 30.8 Å². The predicted octanol–water partition coefficient (Wildman–Crippen LogP) is 2.59. The van der Waals surface area contributed by atoms with E-state index in [0.29, 0.717) is 0 Å². The van der Waals surface area contributed by atoms with Crippen LogP contribution in [0.2, 0.25) is 0 Å². The molecule has 1 N–H and O–H groups in total. The predicted molar refractivity (Wildman–Crippen MR) is 70.4 cm³/mol. The van der Waals surface area contributed by atoms with Crippen LogP contribution in [-0.2, 0) is 13.0 Å². The summed E-state index contributed by atoms with van der Waals surface area (Å²) < 4.78 is 2.32. The third-order valence-corrected chi connectivity index (χ3v) is 4.17. The van der Waals surface area contributed by atoms with Gasteiger partial charge in [-0.25, -0.2) is 4.98 Å². The van der Waals surface area contributed by atoms with E-state index < -0.39 is 0 Å². The Kier molecular flexibility index (Phi) is 2.99. The number of imidazole rings is 1. The first-order chi connectivity index (χ1) is 8.38. The van der Waals surface area contributed by atoms with Crippen molar-refractivity contribution < 1.29 is 0 Å². The number of aryl methyl sites for hydroxylation is 2. The molecule has 3 rings (SSSR count). The number of hydrogen-bond acceptors (Lipinski definition) is 3. The highest BCUT2D eigenvalue weighted by atomic mass is 32.1.